The Labute approximate surface area is 128 Å². The van der Waals surface area contributed by atoms with Crippen LogP contribution in [0.2, 0.25) is 0 Å². The number of aliphatic hydroxyl groups is 1. The van der Waals surface area contributed by atoms with Gasteiger partial charge < -0.3 is 5.11 Å². The molecule has 0 radical (unpaired) electrons. The number of hydrogen-bond donors (Lipinski definition) is 1. The molecule has 0 aromatic heterocycles. The number of Topliss-reactive ketones (excluding diaryl/α,β-unsaturated/α-hetero) is 1. The van der Waals surface area contributed by atoms with Gasteiger partial charge in [-0.05, 0) is 80.5 Å². The van der Waals surface area contributed by atoms with Crippen molar-refractivity contribution in [2.75, 3.05) is 0 Å². The summed E-state index contributed by atoms with van der Waals surface area (Å²) in [6, 6.07) is 0. The van der Waals surface area contributed by atoms with Crippen LogP contribution in [0.5, 0.6) is 0 Å². The monoisotopic (exact) mass is 290 g/mol. The molecular weight excluding hydrogens is 260 g/mol. The first kappa shape index (κ1) is 14.2. The molecule has 4 aliphatic carbocycles. The molecule has 4 fully saturated rings. The van der Waals surface area contributed by atoms with Crippen LogP contribution in [0.4, 0.5) is 0 Å². The lowest BCUT2D eigenvalue weighted by Gasteiger charge is -2.54. The highest BCUT2D eigenvalue weighted by molar-refractivity contribution is 5.79. The lowest BCUT2D eigenvalue weighted by Crippen LogP contribution is -2.53. The number of carbonyl (C=O) groups excluding carboxylic acids is 1. The van der Waals surface area contributed by atoms with Crippen molar-refractivity contribution in [3.63, 3.8) is 0 Å². The van der Waals surface area contributed by atoms with Crippen molar-refractivity contribution in [3.8, 4) is 0 Å². The van der Waals surface area contributed by atoms with Gasteiger partial charge in [0.1, 0.15) is 5.78 Å². The minimum atomic E-state index is -0.340. The van der Waals surface area contributed by atoms with Crippen LogP contribution >= 0.6 is 0 Å². The molecule has 118 valence electrons. The summed E-state index contributed by atoms with van der Waals surface area (Å²) < 4.78 is 0. The minimum Gasteiger partial charge on any atom is -0.389 e. The molecule has 4 saturated carbocycles. The van der Waals surface area contributed by atoms with E-state index in [1.54, 1.807) is 0 Å². The summed E-state index contributed by atoms with van der Waals surface area (Å²) in [5.41, 5.74) is -0.340. The van der Waals surface area contributed by atoms with Crippen molar-refractivity contribution in [3.05, 3.63) is 0 Å². The van der Waals surface area contributed by atoms with Crippen molar-refractivity contribution in [1.29, 1.82) is 0 Å². The fraction of sp³-hybridized carbons (Fsp3) is 0.947. The molecule has 0 aliphatic heterocycles. The lowest BCUT2D eigenvalue weighted by atomic mass is 9.52. The molecule has 2 nitrogen and oxygen atoms in total. The fourth-order valence-corrected chi connectivity index (χ4v) is 6.97. The Morgan fingerprint density at radius 2 is 1.90 bits per heavy atom. The second kappa shape index (κ2) is 5.08. The van der Waals surface area contributed by atoms with E-state index in [9.17, 15) is 9.90 Å². The molecular formula is C19H30O2. The third kappa shape index (κ3) is 2.04. The number of fused-ring (bicyclic) bond motifs is 5. The van der Waals surface area contributed by atoms with E-state index in [0.29, 0.717) is 23.5 Å². The van der Waals surface area contributed by atoms with Gasteiger partial charge >= 0.3 is 0 Å². The summed E-state index contributed by atoms with van der Waals surface area (Å²) >= 11 is 0. The molecule has 1 N–H and O–H groups in total. The Morgan fingerprint density at radius 3 is 2.71 bits per heavy atom. The van der Waals surface area contributed by atoms with E-state index in [0.717, 1.165) is 49.9 Å². The molecule has 6 unspecified atom stereocenters. The molecule has 21 heavy (non-hydrogen) atoms. The van der Waals surface area contributed by atoms with Gasteiger partial charge in [0.2, 0.25) is 0 Å². The van der Waals surface area contributed by atoms with E-state index in [-0.39, 0.29) is 5.60 Å². The van der Waals surface area contributed by atoms with Gasteiger partial charge in [-0.15, -0.1) is 0 Å². The van der Waals surface area contributed by atoms with Gasteiger partial charge in [0.15, 0.2) is 0 Å². The van der Waals surface area contributed by atoms with Crippen LogP contribution in [0.15, 0.2) is 0 Å². The van der Waals surface area contributed by atoms with Gasteiger partial charge in [0.25, 0.3) is 0 Å². The second-order valence-electron chi connectivity index (χ2n) is 8.43. The molecule has 2 heteroatoms. The van der Waals surface area contributed by atoms with Crippen LogP contribution < -0.4 is 0 Å². The zero-order chi connectivity index (χ0) is 14.6. The predicted molar refractivity (Wildman–Crippen MR) is 82.7 cm³/mol. The predicted octanol–water partition coefficient (Wildman–Crippen LogP) is 3.96. The van der Waals surface area contributed by atoms with Crippen LogP contribution in [-0.4, -0.2) is 16.5 Å². The topological polar surface area (TPSA) is 37.3 Å². The summed E-state index contributed by atoms with van der Waals surface area (Å²) in [5, 5.41) is 11.3. The molecule has 0 heterocycles. The molecule has 4 rings (SSSR count). The Balaban J connectivity index is 1.56. The number of rotatable bonds is 1. The van der Waals surface area contributed by atoms with E-state index in [1.165, 1.54) is 32.1 Å². The largest absolute Gasteiger partial charge is 0.389 e. The third-order valence-electron chi connectivity index (χ3n) is 7.89. The fourth-order valence-electron chi connectivity index (χ4n) is 6.97. The third-order valence-corrected chi connectivity index (χ3v) is 7.89. The maximum atomic E-state index is 11.8. The Bertz CT molecular complexity index is 431. The van der Waals surface area contributed by atoms with E-state index < -0.39 is 0 Å². The smallest absolute Gasteiger partial charge is 0.133 e. The molecule has 0 amide bonds. The van der Waals surface area contributed by atoms with Gasteiger partial charge in [-0.1, -0.05) is 13.3 Å². The highest BCUT2D eigenvalue weighted by atomic mass is 16.3. The minimum absolute atomic E-state index is 0.340. The Kier molecular flexibility index (Phi) is 3.44. The normalized spacial score (nSPS) is 53.0. The Hall–Kier alpha value is -0.370. The van der Waals surface area contributed by atoms with E-state index in [4.69, 9.17) is 0 Å². The summed E-state index contributed by atoms with van der Waals surface area (Å²) in [4.78, 5) is 11.8. The van der Waals surface area contributed by atoms with Crippen molar-refractivity contribution in [1.82, 2.24) is 0 Å². The molecule has 0 aromatic rings. The van der Waals surface area contributed by atoms with E-state index >= 15 is 0 Å². The van der Waals surface area contributed by atoms with Crippen molar-refractivity contribution < 1.29 is 9.90 Å². The first-order valence-electron chi connectivity index (χ1n) is 9.37. The van der Waals surface area contributed by atoms with Gasteiger partial charge in [0, 0.05) is 12.8 Å². The maximum absolute atomic E-state index is 11.8. The highest BCUT2D eigenvalue weighted by Crippen LogP contribution is 2.60. The molecule has 0 bridgehead atoms. The maximum Gasteiger partial charge on any atom is 0.133 e. The van der Waals surface area contributed by atoms with Gasteiger partial charge in [-0.2, -0.15) is 0 Å². The van der Waals surface area contributed by atoms with Gasteiger partial charge in [0.05, 0.1) is 5.60 Å². The SMILES string of the molecule is CCC1CC[C@H]2C3CCC4CC(=O)CCC4C3CCC12O. The summed E-state index contributed by atoms with van der Waals surface area (Å²) in [6.07, 6.45) is 11.3. The average molecular weight is 290 g/mol. The van der Waals surface area contributed by atoms with Gasteiger partial charge in [-0.3, -0.25) is 4.79 Å². The van der Waals surface area contributed by atoms with Crippen molar-refractivity contribution >= 4 is 5.78 Å². The highest BCUT2D eigenvalue weighted by Gasteiger charge is 2.57. The average Bonchev–Trinajstić information content (AvgIpc) is 2.83. The van der Waals surface area contributed by atoms with Crippen LogP contribution in [0, 0.1) is 35.5 Å². The lowest BCUT2D eigenvalue weighted by molar-refractivity contribution is -0.139. The molecule has 0 aromatic carbocycles. The number of carbonyl (C=O) groups is 1. The zero-order valence-electron chi connectivity index (χ0n) is 13.4. The standard InChI is InChI=1S/C19H30O2/c1-2-13-4-8-18-17-6-3-12-11-14(20)5-7-15(12)16(17)9-10-19(13,18)21/h12-13,15-18,21H,2-11H2,1H3/t12?,13?,15?,16?,17?,18-,19?/m0/s1. The quantitative estimate of drug-likeness (QED) is 0.793. The first-order valence-corrected chi connectivity index (χ1v) is 9.37. The van der Waals surface area contributed by atoms with Crippen LogP contribution in [-0.2, 0) is 4.79 Å². The summed E-state index contributed by atoms with van der Waals surface area (Å²) in [5.74, 6) is 4.68. The number of hydrogen-bond acceptors (Lipinski definition) is 2. The van der Waals surface area contributed by atoms with E-state index in [2.05, 4.69) is 6.92 Å². The Morgan fingerprint density at radius 1 is 1.05 bits per heavy atom. The molecule has 0 spiro atoms. The van der Waals surface area contributed by atoms with Crippen molar-refractivity contribution in [2.24, 2.45) is 35.5 Å². The van der Waals surface area contributed by atoms with Crippen LogP contribution in [0.25, 0.3) is 0 Å². The van der Waals surface area contributed by atoms with Gasteiger partial charge in [-0.25, -0.2) is 0 Å². The number of ketones is 1. The van der Waals surface area contributed by atoms with Crippen molar-refractivity contribution in [2.45, 2.75) is 76.7 Å². The summed E-state index contributed by atoms with van der Waals surface area (Å²) in [7, 11) is 0. The zero-order valence-corrected chi connectivity index (χ0v) is 13.4. The first-order chi connectivity index (χ1) is 10.1. The summed E-state index contributed by atoms with van der Waals surface area (Å²) in [6.45, 7) is 2.25. The molecule has 7 atom stereocenters. The molecule has 4 aliphatic rings. The van der Waals surface area contributed by atoms with E-state index in [1.807, 2.05) is 0 Å². The van der Waals surface area contributed by atoms with Crippen LogP contribution in [0.1, 0.15) is 71.1 Å². The second-order valence-corrected chi connectivity index (χ2v) is 8.43. The molecule has 0 saturated heterocycles. The van der Waals surface area contributed by atoms with Crippen LogP contribution in [0.3, 0.4) is 0 Å².